The first kappa shape index (κ1) is 22.3. The van der Waals surface area contributed by atoms with Crippen LogP contribution in [0.15, 0.2) is 24.3 Å². The van der Waals surface area contributed by atoms with Crippen LogP contribution in [0.3, 0.4) is 0 Å². The van der Waals surface area contributed by atoms with Gasteiger partial charge in [-0.05, 0) is 62.6 Å². The molecule has 0 aliphatic carbocycles. The number of carbonyl (C=O) groups is 3. The Balaban J connectivity index is 1.39. The molecule has 2 heterocycles. The molecule has 1 aromatic rings. The molecule has 30 heavy (non-hydrogen) atoms. The Labute approximate surface area is 179 Å². The maximum atomic E-state index is 12.7. The Morgan fingerprint density at radius 2 is 1.53 bits per heavy atom. The van der Waals surface area contributed by atoms with E-state index in [1.165, 1.54) is 0 Å². The number of ether oxygens (including phenoxy) is 1. The van der Waals surface area contributed by atoms with E-state index < -0.39 is 0 Å². The van der Waals surface area contributed by atoms with Crippen LogP contribution in [-0.4, -0.2) is 60.2 Å². The van der Waals surface area contributed by atoms with Crippen LogP contribution in [-0.2, 0) is 20.8 Å². The molecule has 0 unspecified atom stereocenters. The molecular weight excluding hydrogens is 380 g/mol. The van der Waals surface area contributed by atoms with Crippen LogP contribution in [0.5, 0.6) is 5.75 Å². The summed E-state index contributed by atoms with van der Waals surface area (Å²) in [6.07, 6.45) is 4.92. The van der Waals surface area contributed by atoms with Crippen molar-refractivity contribution < 1.29 is 19.1 Å². The van der Waals surface area contributed by atoms with E-state index in [4.69, 9.17) is 4.74 Å². The Morgan fingerprint density at radius 3 is 2.13 bits per heavy atom. The van der Waals surface area contributed by atoms with Crippen molar-refractivity contribution in [3.63, 3.8) is 0 Å². The zero-order valence-electron chi connectivity index (χ0n) is 18.3. The third-order valence-electron chi connectivity index (χ3n) is 6.34. The smallest absolute Gasteiger partial charge is 0.260 e. The van der Waals surface area contributed by atoms with E-state index in [-0.39, 0.29) is 30.1 Å². The van der Waals surface area contributed by atoms with Gasteiger partial charge in [-0.3, -0.25) is 9.59 Å². The van der Waals surface area contributed by atoms with Gasteiger partial charge in [-0.25, -0.2) is 0 Å². The Kier molecular flexibility index (Phi) is 7.88. The first-order valence-electron chi connectivity index (χ1n) is 11.2. The fraction of sp³-hybridized carbons (Fsp3) is 0.625. The number of Topliss-reactive ketones (excluding diaryl/α,β-unsaturated/α-hetero) is 1. The third-order valence-corrected chi connectivity index (χ3v) is 6.34. The van der Waals surface area contributed by atoms with Gasteiger partial charge in [0.05, 0.1) is 0 Å². The van der Waals surface area contributed by atoms with Crippen LogP contribution in [0.2, 0.25) is 0 Å². The summed E-state index contributed by atoms with van der Waals surface area (Å²) in [6.45, 7) is 6.84. The summed E-state index contributed by atoms with van der Waals surface area (Å²) in [5.74, 6) is 1.83. The first-order chi connectivity index (χ1) is 14.4. The highest BCUT2D eigenvalue weighted by molar-refractivity contribution is 5.81. The number of piperidine rings is 2. The highest BCUT2D eigenvalue weighted by atomic mass is 16.5. The Morgan fingerprint density at radius 1 is 0.933 bits per heavy atom. The quantitative estimate of drug-likeness (QED) is 0.688. The number of hydrogen-bond donors (Lipinski definition) is 0. The number of nitrogens with zero attached hydrogens (tertiary/aromatic N) is 2. The molecule has 0 spiro atoms. The van der Waals surface area contributed by atoms with Crippen molar-refractivity contribution in [3.8, 4) is 5.75 Å². The largest absolute Gasteiger partial charge is 0.484 e. The number of ketones is 1. The third kappa shape index (κ3) is 6.31. The van der Waals surface area contributed by atoms with Crippen LogP contribution < -0.4 is 4.74 Å². The van der Waals surface area contributed by atoms with Gasteiger partial charge in [-0.2, -0.15) is 0 Å². The van der Waals surface area contributed by atoms with Crippen molar-refractivity contribution in [2.45, 2.75) is 52.4 Å². The molecule has 0 atom stereocenters. The number of amides is 2. The fourth-order valence-electron chi connectivity index (χ4n) is 4.17. The second-order valence-electron chi connectivity index (χ2n) is 8.80. The molecule has 2 amide bonds. The minimum Gasteiger partial charge on any atom is -0.484 e. The molecule has 0 saturated carbocycles. The molecule has 2 aliphatic heterocycles. The summed E-state index contributed by atoms with van der Waals surface area (Å²) in [7, 11) is 0. The van der Waals surface area contributed by atoms with Crippen molar-refractivity contribution >= 4 is 17.6 Å². The van der Waals surface area contributed by atoms with Gasteiger partial charge in [-0.15, -0.1) is 0 Å². The second-order valence-corrected chi connectivity index (χ2v) is 8.80. The molecule has 1 aromatic carbocycles. The van der Waals surface area contributed by atoms with Gasteiger partial charge in [0, 0.05) is 38.5 Å². The normalized spacial score (nSPS) is 18.3. The molecule has 0 aromatic heterocycles. The minimum atomic E-state index is -0.0339. The molecule has 2 aliphatic rings. The summed E-state index contributed by atoms with van der Waals surface area (Å²) < 4.78 is 5.65. The van der Waals surface area contributed by atoms with Gasteiger partial charge < -0.3 is 19.3 Å². The standard InChI is InChI=1S/C24H34N2O4/c1-18-9-13-26(14-10-18)24(29)21-11-15-25(16-12-21)23(28)17-30-22-7-5-20(6-8-22)4-3-19(2)27/h5-8,18,21H,3-4,9-17H2,1-2H3. The molecule has 0 radical (unpaired) electrons. The fourth-order valence-corrected chi connectivity index (χ4v) is 4.17. The van der Waals surface area contributed by atoms with Gasteiger partial charge >= 0.3 is 0 Å². The van der Waals surface area contributed by atoms with Gasteiger partial charge in [-0.1, -0.05) is 19.1 Å². The summed E-state index contributed by atoms with van der Waals surface area (Å²) >= 11 is 0. The van der Waals surface area contributed by atoms with E-state index in [0.29, 0.717) is 31.2 Å². The van der Waals surface area contributed by atoms with E-state index in [1.807, 2.05) is 34.1 Å². The molecule has 164 valence electrons. The molecule has 6 nitrogen and oxygen atoms in total. The van der Waals surface area contributed by atoms with Crippen molar-refractivity contribution in [1.82, 2.24) is 9.80 Å². The lowest BCUT2D eigenvalue weighted by molar-refractivity contribution is -0.142. The molecule has 3 rings (SSSR count). The zero-order valence-corrected chi connectivity index (χ0v) is 18.3. The van der Waals surface area contributed by atoms with Crippen LogP contribution in [0.1, 0.15) is 51.5 Å². The number of benzene rings is 1. The summed E-state index contributed by atoms with van der Waals surface area (Å²) in [6, 6.07) is 7.54. The van der Waals surface area contributed by atoms with Crippen molar-refractivity contribution in [1.29, 1.82) is 0 Å². The van der Waals surface area contributed by atoms with Gasteiger partial charge in [0.1, 0.15) is 11.5 Å². The molecule has 2 saturated heterocycles. The van der Waals surface area contributed by atoms with Crippen LogP contribution in [0, 0.1) is 11.8 Å². The summed E-state index contributed by atoms with van der Waals surface area (Å²) in [5.41, 5.74) is 1.08. The average molecular weight is 415 g/mol. The predicted molar refractivity (Wildman–Crippen MR) is 115 cm³/mol. The maximum Gasteiger partial charge on any atom is 0.260 e. The van der Waals surface area contributed by atoms with E-state index >= 15 is 0 Å². The second kappa shape index (κ2) is 10.6. The maximum absolute atomic E-state index is 12.7. The molecule has 0 bridgehead atoms. The Hall–Kier alpha value is -2.37. The highest BCUT2D eigenvalue weighted by Crippen LogP contribution is 2.24. The number of hydrogen-bond acceptors (Lipinski definition) is 4. The highest BCUT2D eigenvalue weighted by Gasteiger charge is 2.31. The van der Waals surface area contributed by atoms with Gasteiger partial charge in [0.2, 0.25) is 5.91 Å². The molecule has 6 heteroatoms. The predicted octanol–water partition coefficient (Wildman–Crippen LogP) is 3.08. The number of aryl methyl sites for hydroxylation is 1. The first-order valence-corrected chi connectivity index (χ1v) is 11.2. The van der Waals surface area contributed by atoms with Crippen molar-refractivity contribution in [3.05, 3.63) is 29.8 Å². The van der Waals surface area contributed by atoms with Crippen LogP contribution >= 0.6 is 0 Å². The monoisotopic (exact) mass is 414 g/mol. The topological polar surface area (TPSA) is 66.9 Å². The van der Waals surface area contributed by atoms with Gasteiger partial charge in [0.25, 0.3) is 5.91 Å². The molecular formula is C24H34N2O4. The molecule has 2 fully saturated rings. The number of rotatable bonds is 7. The Bertz CT molecular complexity index is 730. The lowest BCUT2D eigenvalue weighted by Gasteiger charge is -2.36. The SMILES string of the molecule is CC(=O)CCc1ccc(OCC(=O)N2CCC(C(=O)N3CCC(C)CC3)CC2)cc1. The van der Waals surface area contributed by atoms with Crippen LogP contribution in [0.4, 0.5) is 0 Å². The van der Waals surface area contributed by atoms with Crippen LogP contribution in [0.25, 0.3) is 0 Å². The zero-order chi connectivity index (χ0) is 21.5. The number of carbonyl (C=O) groups excluding carboxylic acids is 3. The summed E-state index contributed by atoms with van der Waals surface area (Å²) in [5, 5.41) is 0. The summed E-state index contributed by atoms with van der Waals surface area (Å²) in [4.78, 5) is 40.1. The molecule has 0 N–H and O–H groups in total. The minimum absolute atomic E-state index is 0.00934. The van der Waals surface area contributed by atoms with Crippen molar-refractivity contribution in [2.75, 3.05) is 32.8 Å². The number of likely N-dealkylation sites (tertiary alicyclic amines) is 2. The van der Waals surface area contributed by atoms with Crippen molar-refractivity contribution in [2.24, 2.45) is 11.8 Å². The lowest BCUT2D eigenvalue weighted by atomic mass is 9.92. The van der Waals surface area contributed by atoms with E-state index in [1.54, 1.807) is 6.92 Å². The lowest BCUT2D eigenvalue weighted by Crippen LogP contribution is -2.47. The van der Waals surface area contributed by atoms with E-state index in [0.717, 1.165) is 50.8 Å². The van der Waals surface area contributed by atoms with E-state index in [9.17, 15) is 14.4 Å². The average Bonchev–Trinajstić information content (AvgIpc) is 2.77. The van der Waals surface area contributed by atoms with Gasteiger partial charge in [0.15, 0.2) is 6.61 Å². The van der Waals surface area contributed by atoms with E-state index in [2.05, 4.69) is 6.92 Å².